The van der Waals surface area contributed by atoms with Crippen molar-refractivity contribution in [1.29, 1.82) is 0 Å². The summed E-state index contributed by atoms with van der Waals surface area (Å²) in [5.41, 5.74) is 2.75. The monoisotopic (exact) mass is 444 g/mol. The third kappa shape index (κ3) is 5.43. The Hall–Kier alpha value is -2.56. The van der Waals surface area contributed by atoms with Gasteiger partial charge in [-0.3, -0.25) is 0 Å². The summed E-state index contributed by atoms with van der Waals surface area (Å²) in [4.78, 5) is 0. The van der Waals surface area contributed by atoms with Crippen LogP contribution >= 0.6 is 0 Å². The van der Waals surface area contributed by atoms with Crippen molar-refractivity contribution in [2.45, 2.75) is 64.1 Å². The largest absolute Gasteiger partial charge is 0.573 e. The van der Waals surface area contributed by atoms with Crippen molar-refractivity contribution < 1.29 is 22.3 Å². The Kier molecular flexibility index (Phi) is 6.73. The molecule has 1 saturated carbocycles. The van der Waals surface area contributed by atoms with Crippen molar-refractivity contribution in [1.82, 2.24) is 0 Å². The molecular formula is C27H28F4O. The zero-order valence-electron chi connectivity index (χ0n) is 18.2. The fourth-order valence-electron chi connectivity index (χ4n) is 4.84. The van der Waals surface area contributed by atoms with Crippen LogP contribution in [-0.2, 0) is 12.8 Å². The molecule has 0 amide bonds. The summed E-state index contributed by atoms with van der Waals surface area (Å²) >= 11 is 0. The van der Waals surface area contributed by atoms with E-state index in [0.717, 1.165) is 16.9 Å². The first-order chi connectivity index (χ1) is 15.3. The van der Waals surface area contributed by atoms with Crippen LogP contribution in [-0.4, -0.2) is 6.36 Å². The lowest BCUT2D eigenvalue weighted by Crippen LogP contribution is -2.17. The molecule has 0 bridgehead atoms. The number of hydrogen-bond donors (Lipinski definition) is 0. The molecule has 0 saturated heterocycles. The van der Waals surface area contributed by atoms with E-state index in [4.69, 9.17) is 0 Å². The third-order valence-corrected chi connectivity index (χ3v) is 6.79. The van der Waals surface area contributed by atoms with Gasteiger partial charge in [-0.1, -0.05) is 55.8 Å². The first-order valence-corrected chi connectivity index (χ1v) is 11.4. The lowest BCUT2D eigenvalue weighted by molar-refractivity contribution is -0.274. The first kappa shape index (κ1) is 22.6. The average molecular weight is 445 g/mol. The van der Waals surface area contributed by atoms with E-state index in [1.54, 1.807) is 12.1 Å². The molecule has 1 fully saturated rings. The summed E-state index contributed by atoms with van der Waals surface area (Å²) in [6.07, 6.45) is 2.52. The van der Waals surface area contributed by atoms with Gasteiger partial charge in [0.1, 0.15) is 11.6 Å². The molecule has 32 heavy (non-hydrogen) atoms. The smallest absolute Gasteiger partial charge is 0.406 e. The minimum absolute atomic E-state index is 0.208. The highest BCUT2D eigenvalue weighted by atomic mass is 19.4. The third-order valence-electron chi connectivity index (χ3n) is 6.79. The van der Waals surface area contributed by atoms with Crippen LogP contribution in [0, 0.1) is 11.7 Å². The Bertz CT molecular complexity index is 1050. The van der Waals surface area contributed by atoms with E-state index in [1.807, 2.05) is 18.2 Å². The molecule has 3 aromatic rings. The van der Waals surface area contributed by atoms with Gasteiger partial charge in [0.05, 0.1) is 0 Å². The van der Waals surface area contributed by atoms with Gasteiger partial charge in [-0.2, -0.15) is 0 Å². The van der Waals surface area contributed by atoms with Gasteiger partial charge in [-0.25, -0.2) is 4.39 Å². The molecule has 170 valence electrons. The first-order valence-electron chi connectivity index (χ1n) is 11.4. The van der Waals surface area contributed by atoms with Gasteiger partial charge < -0.3 is 4.74 Å². The van der Waals surface area contributed by atoms with E-state index in [0.29, 0.717) is 29.7 Å². The highest BCUT2D eigenvalue weighted by molar-refractivity contribution is 5.84. The fraction of sp³-hybridized carbons (Fsp3) is 0.407. The molecule has 1 nitrogen and oxygen atoms in total. The molecule has 0 atom stereocenters. The van der Waals surface area contributed by atoms with Gasteiger partial charge in [0.15, 0.2) is 0 Å². The number of hydrogen-bond acceptors (Lipinski definition) is 1. The van der Waals surface area contributed by atoms with Gasteiger partial charge in [0, 0.05) is 5.39 Å². The van der Waals surface area contributed by atoms with E-state index in [2.05, 4.69) is 23.8 Å². The van der Waals surface area contributed by atoms with E-state index in [1.165, 1.54) is 49.8 Å². The molecule has 0 unspecified atom stereocenters. The summed E-state index contributed by atoms with van der Waals surface area (Å²) in [6, 6.07) is 15.7. The van der Waals surface area contributed by atoms with E-state index >= 15 is 4.39 Å². The molecule has 0 radical (unpaired) electrons. The maximum atomic E-state index is 15.1. The molecule has 1 aliphatic rings. The molecule has 0 spiro atoms. The normalized spacial score (nSPS) is 19.3. The Morgan fingerprint density at radius 3 is 2.25 bits per heavy atom. The number of rotatable bonds is 6. The SMILES string of the molecule is CCC1CCC(c2ccc3c(F)c(CCc4ccc(OC(F)(F)F)cc4)ccc3c2)CC1. The highest BCUT2D eigenvalue weighted by Gasteiger charge is 2.31. The lowest BCUT2D eigenvalue weighted by atomic mass is 9.77. The molecule has 0 aromatic heterocycles. The Balaban J connectivity index is 1.43. The summed E-state index contributed by atoms with van der Waals surface area (Å²) in [7, 11) is 0. The maximum absolute atomic E-state index is 15.1. The Morgan fingerprint density at radius 1 is 0.875 bits per heavy atom. The minimum Gasteiger partial charge on any atom is -0.406 e. The average Bonchev–Trinajstić information content (AvgIpc) is 2.78. The van der Waals surface area contributed by atoms with Crippen molar-refractivity contribution in [3.63, 3.8) is 0 Å². The van der Waals surface area contributed by atoms with Crippen LogP contribution in [0.15, 0.2) is 54.6 Å². The number of aryl methyl sites for hydroxylation is 2. The zero-order chi connectivity index (χ0) is 22.7. The molecule has 1 aliphatic carbocycles. The second kappa shape index (κ2) is 9.51. The zero-order valence-corrected chi connectivity index (χ0v) is 18.2. The topological polar surface area (TPSA) is 9.23 Å². The Labute approximate surface area is 186 Å². The molecule has 0 N–H and O–H groups in total. The van der Waals surface area contributed by atoms with Crippen molar-refractivity contribution in [2.75, 3.05) is 0 Å². The summed E-state index contributed by atoms with van der Waals surface area (Å²) in [6.45, 7) is 2.26. The molecule has 0 heterocycles. The highest BCUT2D eigenvalue weighted by Crippen LogP contribution is 2.38. The predicted molar refractivity (Wildman–Crippen MR) is 119 cm³/mol. The van der Waals surface area contributed by atoms with Crippen molar-refractivity contribution in [3.8, 4) is 5.75 Å². The molecule has 0 aliphatic heterocycles. The van der Waals surface area contributed by atoms with E-state index < -0.39 is 6.36 Å². The van der Waals surface area contributed by atoms with Crippen molar-refractivity contribution >= 4 is 10.8 Å². The molecule has 3 aromatic carbocycles. The van der Waals surface area contributed by atoms with Crippen LogP contribution in [0.5, 0.6) is 5.75 Å². The van der Waals surface area contributed by atoms with Crippen LogP contribution in [0.1, 0.15) is 61.6 Å². The van der Waals surface area contributed by atoms with Gasteiger partial charge >= 0.3 is 6.36 Å². The standard InChI is InChI=1S/C27H28F4O/c1-2-18-3-8-20(9-4-18)22-13-16-25-23(17-22)12-11-21(26(25)28)10-5-19-6-14-24(15-7-19)32-27(29,30)31/h6-7,11-18,20H,2-5,8-10H2,1H3. The number of fused-ring (bicyclic) bond motifs is 1. The lowest BCUT2D eigenvalue weighted by Gasteiger charge is -2.28. The quantitative estimate of drug-likeness (QED) is 0.347. The van der Waals surface area contributed by atoms with E-state index in [9.17, 15) is 13.2 Å². The van der Waals surface area contributed by atoms with Crippen molar-refractivity contribution in [2.24, 2.45) is 5.92 Å². The number of benzene rings is 3. The van der Waals surface area contributed by atoms with Gasteiger partial charge in [-0.05, 0) is 84.6 Å². The summed E-state index contributed by atoms with van der Waals surface area (Å²) in [5.74, 6) is 0.951. The van der Waals surface area contributed by atoms with Gasteiger partial charge in [0.25, 0.3) is 0 Å². The second-order valence-electron chi connectivity index (χ2n) is 8.84. The number of halogens is 4. The van der Waals surface area contributed by atoms with Crippen LogP contribution in [0.2, 0.25) is 0 Å². The Morgan fingerprint density at radius 2 is 1.59 bits per heavy atom. The summed E-state index contributed by atoms with van der Waals surface area (Å²) < 4.78 is 55.9. The number of alkyl halides is 3. The van der Waals surface area contributed by atoms with Crippen LogP contribution in [0.4, 0.5) is 17.6 Å². The molecule has 4 rings (SSSR count). The number of ether oxygens (including phenoxy) is 1. The van der Waals surface area contributed by atoms with Gasteiger partial charge in [-0.15, -0.1) is 13.2 Å². The van der Waals surface area contributed by atoms with Crippen LogP contribution in [0.25, 0.3) is 10.8 Å². The van der Waals surface area contributed by atoms with Crippen LogP contribution in [0.3, 0.4) is 0 Å². The van der Waals surface area contributed by atoms with Gasteiger partial charge in [0.2, 0.25) is 0 Å². The van der Waals surface area contributed by atoms with E-state index in [-0.39, 0.29) is 11.6 Å². The molecule has 5 heteroatoms. The maximum Gasteiger partial charge on any atom is 0.573 e. The van der Waals surface area contributed by atoms with Crippen molar-refractivity contribution in [3.05, 3.63) is 77.1 Å². The predicted octanol–water partition coefficient (Wildman–Crippen LogP) is 8.35. The molecular weight excluding hydrogens is 416 g/mol. The summed E-state index contributed by atoms with van der Waals surface area (Å²) in [5, 5.41) is 1.55. The van der Waals surface area contributed by atoms with Crippen LogP contribution < -0.4 is 4.74 Å². The second-order valence-corrected chi connectivity index (χ2v) is 8.84. The minimum atomic E-state index is -4.70. The fourth-order valence-corrected chi connectivity index (χ4v) is 4.84.